The van der Waals surface area contributed by atoms with E-state index in [2.05, 4.69) is 15.9 Å². The van der Waals surface area contributed by atoms with E-state index in [1.807, 2.05) is 48.5 Å². The molecule has 0 fully saturated rings. The van der Waals surface area contributed by atoms with Gasteiger partial charge >= 0.3 is 5.97 Å². The minimum Gasteiger partial charge on any atom is -0.496 e. The Morgan fingerprint density at radius 1 is 1.15 bits per heavy atom. The molecule has 5 heteroatoms. The highest BCUT2D eigenvalue weighted by atomic mass is 79.9. The zero-order chi connectivity index (χ0) is 19.4. The summed E-state index contributed by atoms with van der Waals surface area (Å²) in [5, 5.41) is 0. The second-order valence-corrected chi connectivity index (χ2v) is 7.28. The monoisotopic (exact) mass is 428 g/mol. The molecule has 0 saturated carbocycles. The van der Waals surface area contributed by atoms with Crippen molar-refractivity contribution in [2.24, 2.45) is 5.92 Å². The summed E-state index contributed by atoms with van der Waals surface area (Å²) in [5.74, 6) is -1.24. The van der Waals surface area contributed by atoms with Crippen LogP contribution in [-0.2, 0) is 14.3 Å². The van der Waals surface area contributed by atoms with E-state index >= 15 is 0 Å². The smallest absolute Gasteiger partial charge is 0.317 e. The zero-order valence-corrected chi connectivity index (χ0v) is 16.9. The first-order valence-electron chi connectivity index (χ1n) is 8.85. The van der Waals surface area contributed by atoms with Crippen LogP contribution in [0.4, 0.5) is 0 Å². The van der Waals surface area contributed by atoms with E-state index in [-0.39, 0.29) is 18.3 Å². The molecule has 0 saturated heterocycles. The molecule has 2 atom stereocenters. The largest absolute Gasteiger partial charge is 0.496 e. The molecule has 140 valence electrons. The molecule has 0 amide bonds. The van der Waals surface area contributed by atoms with Gasteiger partial charge in [0.1, 0.15) is 11.7 Å². The maximum Gasteiger partial charge on any atom is 0.317 e. The average molecular weight is 429 g/mol. The standard InChI is InChI=1S/C22H21BrO4/c1-3-27-22(25)21-18(17-6-4-5-7-20(17)26-2)12-15(13-19(21)24)14-8-10-16(23)11-9-14/h4-11,13,18,21H,3,12H2,1-2H3. The van der Waals surface area contributed by atoms with Crippen LogP contribution in [0.1, 0.15) is 30.4 Å². The summed E-state index contributed by atoms with van der Waals surface area (Å²) in [6, 6.07) is 15.3. The van der Waals surface area contributed by atoms with Crippen molar-refractivity contribution in [1.29, 1.82) is 0 Å². The van der Waals surface area contributed by atoms with E-state index in [0.717, 1.165) is 21.2 Å². The second kappa shape index (κ2) is 8.53. The maximum atomic E-state index is 12.9. The molecule has 2 aromatic rings. The lowest BCUT2D eigenvalue weighted by Crippen LogP contribution is -2.34. The fraction of sp³-hybridized carbons (Fsp3) is 0.273. The summed E-state index contributed by atoms with van der Waals surface area (Å²) >= 11 is 3.43. The fourth-order valence-corrected chi connectivity index (χ4v) is 3.78. The molecule has 0 heterocycles. The Kier molecular flexibility index (Phi) is 6.11. The topological polar surface area (TPSA) is 52.6 Å². The third kappa shape index (κ3) is 4.14. The van der Waals surface area contributed by atoms with Crippen molar-refractivity contribution in [2.45, 2.75) is 19.3 Å². The number of methoxy groups -OCH3 is 1. The molecular weight excluding hydrogens is 408 g/mol. The number of allylic oxidation sites excluding steroid dienone is 2. The van der Waals surface area contributed by atoms with Gasteiger partial charge in [-0.25, -0.2) is 0 Å². The van der Waals surface area contributed by atoms with Crippen LogP contribution in [0.15, 0.2) is 59.1 Å². The van der Waals surface area contributed by atoms with E-state index < -0.39 is 11.9 Å². The molecule has 2 unspecified atom stereocenters. The lowest BCUT2D eigenvalue weighted by molar-refractivity contribution is -0.151. The molecule has 0 N–H and O–H groups in total. The number of ketones is 1. The van der Waals surface area contributed by atoms with Gasteiger partial charge in [0, 0.05) is 10.4 Å². The molecule has 3 rings (SSSR count). The zero-order valence-electron chi connectivity index (χ0n) is 15.3. The third-order valence-corrected chi connectivity index (χ3v) is 5.29. The van der Waals surface area contributed by atoms with Gasteiger partial charge in [-0.15, -0.1) is 0 Å². The summed E-state index contributed by atoms with van der Waals surface area (Å²) in [5.41, 5.74) is 2.71. The number of para-hydroxylation sites is 1. The fourth-order valence-electron chi connectivity index (χ4n) is 3.51. The van der Waals surface area contributed by atoms with E-state index in [0.29, 0.717) is 12.2 Å². The Labute approximate surface area is 167 Å². The minimum absolute atomic E-state index is 0.228. The van der Waals surface area contributed by atoms with Crippen LogP contribution in [-0.4, -0.2) is 25.5 Å². The van der Waals surface area contributed by atoms with Crippen LogP contribution in [0.3, 0.4) is 0 Å². The van der Waals surface area contributed by atoms with Crippen LogP contribution in [0.5, 0.6) is 5.75 Å². The normalized spacial score (nSPS) is 19.4. The first kappa shape index (κ1) is 19.4. The number of esters is 1. The molecule has 1 aliphatic carbocycles. The number of carbonyl (C=O) groups is 2. The molecule has 0 aliphatic heterocycles. The first-order valence-corrected chi connectivity index (χ1v) is 9.64. The predicted molar refractivity (Wildman–Crippen MR) is 108 cm³/mol. The molecule has 0 bridgehead atoms. The number of ether oxygens (including phenoxy) is 2. The van der Waals surface area contributed by atoms with E-state index in [4.69, 9.17) is 9.47 Å². The Morgan fingerprint density at radius 3 is 2.52 bits per heavy atom. The van der Waals surface area contributed by atoms with Crippen molar-refractivity contribution in [3.8, 4) is 5.75 Å². The number of hydrogen-bond acceptors (Lipinski definition) is 4. The van der Waals surface area contributed by atoms with Crippen LogP contribution in [0, 0.1) is 5.92 Å². The van der Waals surface area contributed by atoms with Crippen molar-refractivity contribution in [2.75, 3.05) is 13.7 Å². The number of halogens is 1. The van der Waals surface area contributed by atoms with Crippen molar-refractivity contribution in [3.63, 3.8) is 0 Å². The number of benzene rings is 2. The van der Waals surface area contributed by atoms with E-state index in [1.54, 1.807) is 20.1 Å². The number of hydrogen-bond donors (Lipinski definition) is 0. The highest BCUT2D eigenvalue weighted by Crippen LogP contribution is 2.43. The van der Waals surface area contributed by atoms with Crippen LogP contribution in [0.25, 0.3) is 5.57 Å². The summed E-state index contributed by atoms with van der Waals surface area (Å²) in [7, 11) is 1.59. The Morgan fingerprint density at radius 2 is 1.85 bits per heavy atom. The van der Waals surface area contributed by atoms with Crippen LogP contribution < -0.4 is 4.74 Å². The van der Waals surface area contributed by atoms with Crippen molar-refractivity contribution >= 4 is 33.3 Å². The van der Waals surface area contributed by atoms with Crippen LogP contribution >= 0.6 is 15.9 Å². The van der Waals surface area contributed by atoms with E-state index in [9.17, 15) is 9.59 Å². The van der Waals surface area contributed by atoms with Crippen molar-refractivity contribution < 1.29 is 19.1 Å². The number of rotatable bonds is 5. The molecule has 27 heavy (non-hydrogen) atoms. The second-order valence-electron chi connectivity index (χ2n) is 6.36. The van der Waals surface area contributed by atoms with Crippen LogP contribution in [0.2, 0.25) is 0 Å². The Balaban J connectivity index is 2.06. The van der Waals surface area contributed by atoms with Gasteiger partial charge in [-0.1, -0.05) is 46.3 Å². The molecular formula is C22H21BrO4. The van der Waals surface area contributed by atoms with Gasteiger partial charge in [-0.05, 0) is 54.3 Å². The Bertz CT molecular complexity index is 870. The highest BCUT2D eigenvalue weighted by Gasteiger charge is 2.40. The summed E-state index contributed by atoms with van der Waals surface area (Å²) in [6.07, 6.45) is 2.13. The molecule has 4 nitrogen and oxygen atoms in total. The van der Waals surface area contributed by atoms with Gasteiger partial charge < -0.3 is 9.47 Å². The lowest BCUT2D eigenvalue weighted by Gasteiger charge is -2.30. The van der Waals surface area contributed by atoms with Gasteiger partial charge in [0.15, 0.2) is 5.78 Å². The molecule has 0 spiro atoms. The average Bonchev–Trinajstić information content (AvgIpc) is 2.68. The number of carbonyl (C=O) groups excluding carboxylic acids is 2. The highest BCUT2D eigenvalue weighted by molar-refractivity contribution is 9.10. The minimum atomic E-state index is -0.861. The van der Waals surface area contributed by atoms with Gasteiger partial charge in [0.25, 0.3) is 0 Å². The molecule has 0 aromatic heterocycles. The van der Waals surface area contributed by atoms with Crippen molar-refractivity contribution in [3.05, 3.63) is 70.2 Å². The maximum absolute atomic E-state index is 12.9. The summed E-state index contributed by atoms with van der Waals surface area (Å²) in [4.78, 5) is 25.5. The molecule has 0 radical (unpaired) electrons. The van der Waals surface area contributed by atoms with Gasteiger partial charge in [0.2, 0.25) is 0 Å². The Hall–Kier alpha value is -2.40. The first-order chi connectivity index (χ1) is 13.0. The van der Waals surface area contributed by atoms with Gasteiger partial charge in [-0.3, -0.25) is 9.59 Å². The van der Waals surface area contributed by atoms with E-state index in [1.165, 1.54) is 0 Å². The van der Waals surface area contributed by atoms with Crippen molar-refractivity contribution in [1.82, 2.24) is 0 Å². The predicted octanol–water partition coefficient (Wildman–Crippen LogP) is 4.78. The third-order valence-electron chi connectivity index (χ3n) is 4.76. The van der Waals surface area contributed by atoms with Gasteiger partial charge in [0.05, 0.1) is 13.7 Å². The van der Waals surface area contributed by atoms with Gasteiger partial charge in [-0.2, -0.15) is 0 Å². The lowest BCUT2D eigenvalue weighted by atomic mass is 9.73. The summed E-state index contributed by atoms with van der Waals surface area (Å²) < 4.78 is 11.7. The summed E-state index contributed by atoms with van der Waals surface area (Å²) in [6.45, 7) is 1.98. The quantitative estimate of drug-likeness (QED) is 0.507. The molecule has 2 aromatic carbocycles. The SMILES string of the molecule is CCOC(=O)C1C(=O)C=C(c2ccc(Br)cc2)CC1c1ccccc1OC. The molecule has 1 aliphatic rings.